The molecule has 1 aliphatic heterocycles. The molecule has 1 saturated heterocycles. The second-order valence-electron chi connectivity index (χ2n) is 6.07. The van der Waals surface area contributed by atoms with E-state index in [0.717, 1.165) is 32.6 Å². The summed E-state index contributed by atoms with van der Waals surface area (Å²) in [7, 11) is 0. The Morgan fingerprint density at radius 3 is 2.08 bits per heavy atom. The molecule has 2 rings (SSSR count). The fourth-order valence-electron chi connectivity index (χ4n) is 2.68. The summed E-state index contributed by atoms with van der Waals surface area (Å²) in [6.07, 6.45) is 7.82. The minimum atomic E-state index is -1.82. The zero-order valence-electron chi connectivity index (χ0n) is 14.7. The summed E-state index contributed by atoms with van der Waals surface area (Å²) in [5.41, 5.74) is 1.42. The van der Waals surface area contributed by atoms with Crippen molar-refractivity contribution >= 4 is 11.9 Å². The van der Waals surface area contributed by atoms with E-state index in [2.05, 4.69) is 35.2 Å². The molecule has 6 heteroatoms. The molecule has 1 fully saturated rings. The Bertz CT molecular complexity index is 472. The van der Waals surface area contributed by atoms with Crippen LogP contribution < -0.4 is 0 Å². The van der Waals surface area contributed by atoms with Crippen molar-refractivity contribution < 1.29 is 24.5 Å². The third kappa shape index (κ3) is 11.3. The predicted molar refractivity (Wildman–Crippen MR) is 95.8 cm³/mol. The van der Waals surface area contributed by atoms with Gasteiger partial charge in [-0.25, -0.2) is 9.59 Å². The van der Waals surface area contributed by atoms with Gasteiger partial charge in [-0.3, -0.25) is 0 Å². The molecule has 0 atom stereocenters. The highest BCUT2D eigenvalue weighted by molar-refractivity contribution is 6.27. The first-order valence-electron chi connectivity index (χ1n) is 8.90. The number of rotatable bonds is 7. The van der Waals surface area contributed by atoms with Crippen LogP contribution in [0.2, 0.25) is 0 Å². The Morgan fingerprint density at radius 1 is 0.920 bits per heavy atom. The zero-order chi connectivity index (χ0) is 18.3. The summed E-state index contributed by atoms with van der Waals surface area (Å²) in [5, 5.41) is 14.8. The van der Waals surface area contributed by atoms with E-state index in [1.54, 1.807) is 0 Å². The number of carboxylic acid groups (broad SMARTS) is 2. The van der Waals surface area contributed by atoms with Crippen LogP contribution in [-0.4, -0.2) is 59.9 Å². The van der Waals surface area contributed by atoms with Gasteiger partial charge in [-0.05, 0) is 44.3 Å². The van der Waals surface area contributed by atoms with Crippen LogP contribution in [0.25, 0.3) is 0 Å². The van der Waals surface area contributed by atoms with Crippen molar-refractivity contribution in [2.45, 2.75) is 38.5 Å². The van der Waals surface area contributed by atoms with E-state index in [4.69, 9.17) is 24.5 Å². The second kappa shape index (κ2) is 13.4. The summed E-state index contributed by atoms with van der Waals surface area (Å²) in [6, 6.07) is 10.7. The van der Waals surface area contributed by atoms with Gasteiger partial charge >= 0.3 is 11.9 Å². The van der Waals surface area contributed by atoms with E-state index in [0.29, 0.717) is 0 Å². The van der Waals surface area contributed by atoms with Crippen LogP contribution in [0.5, 0.6) is 0 Å². The molecule has 0 aliphatic carbocycles. The molecule has 2 N–H and O–H groups in total. The Morgan fingerprint density at radius 2 is 1.52 bits per heavy atom. The predicted octanol–water partition coefficient (Wildman–Crippen LogP) is 2.67. The van der Waals surface area contributed by atoms with Crippen LogP contribution >= 0.6 is 0 Å². The highest BCUT2D eigenvalue weighted by atomic mass is 16.5. The number of hydrogen-bond donors (Lipinski definition) is 2. The van der Waals surface area contributed by atoms with Crippen molar-refractivity contribution in [2.75, 3.05) is 32.8 Å². The minimum absolute atomic E-state index is 0.892. The molecule has 140 valence electrons. The molecule has 0 bridgehead atoms. The Balaban J connectivity index is 0.000000450. The maximum absolute atomic E-state index is 9.10. The molecule has 0 amide bonds. The number of likely N-dealkylation sites (tertiary alicyclic amines) is 1. The molecule has 25 heavy (non-hydrogen) atoms. The summed E-state index contributed by atoms with van der Waals surface area (Å²) < 4.78 is 5.76. The quantitative estimate of drug-likeness (QED) is 0.580. The molecule has 1 aromatic carbocycles. The van der Waals surface area contributed by atoms with Crippen molar-refractivity contribution in [1.82, 2.24) is 4.90 Å². The van der Waals surface area contributed by atoms with Crippen LogP contribution in [0.1, 0.15) is 37.7 Å². The smallest absolute Gasteiger partial charge is 0.414 e. The lowest BCUT2D eigenvalue weighted by Crippen LogP contribution is -2.28. The SMILES string of the molecule is O=C(O)C(=O)O.c1ccc(CCCOCCN2CCCCCC2)cc1. The van der Waals surface area contributed by atoms with Gasteiger partial charge in [-0.1, -0.05) is 43.2 Å². The van der Waals surface area contributed by atoms with E-state index in [9.17, 15) is 0 Å². The lowest BCUT2D eigenvalue weighted by Gasteiger charge is -2.19. The topological polar surface area (TPSA) is 87.1 Å². The van der Waals surface area contributed by atoms with E-state index in [1.807, 2.05) is 0 Å². The van der Waals surface area contributed by atoms with Crippen LogP contribution in [0.4, 0.5) is 0 Å². The van der Waals surface area contributed by atoms with Gasteiger partial charge in [0.2, 0.25) is 0 Å². The third-order valence-electron chi connectivity index (χ3n) is 4.03. The van der Waals surface area contributed by atoms with Gasteiger partial charge in [-0.2, -0.15) is 0 Å². The van der Waals surface area contributed by atoms with E-state index >= 15 is 0 Å². The molecule has 1 heterocycles. The van der Waals surface area contributed by atoms with Crippen molar-refractivity contribution in [3.63, 3.8) is 0 Å². The molecule has 1 aromatic rings. The van der Waals surface area contributed by atoms with Crippen LogP contribution in [-0.2, 0) is 20.7 Å². The van der Waals surface area contributed by atoms with Gasteiger partial charge in [0.15, 0.2) is 0 Å². The molecule has 0 aromatic heterocycles. The maximum atomic E-state index is 9.10. The third-order valence-corrected chi connectivity index (χ3v) is 4.03. The summed E-state index contributed by atoms with van der Waals surface area (Å²) >= 11 is 0. The monoisotopic (exact) mass is 351 g/mol. The van der Waals surface area contributed by atoms with E-state index in [1.165, 1.54) is 44.3 Å². The Hall–Kier alpha value is -1.92. The minimum Gasteiger partial charge on any atom is -0.473 e. The van der Waals surface area contributed by atoms with Gasteiger partial charge in [0.05, 0.1) is 6.61 Å². The molecule has 6 nitrogen and oxygen atoms in total. The average molecular weight is 351 g/mol. The summed E-state index contributed by atoms with van der Waals surface area (Å²) in [4.78, 5) is 20.8. The molecule has 0 unspecified atom stereocenters. The Labute approximate surface area is 149 Å². The second-order valence-corrected chi connectivity index (χ2v) is 6.07. The van der Waals surface area contributed by atoms with Gasteiger partial charge in [0.1, 0.15) is 0 Å². The number of hydrogen-bond acceptors (Lipinski definition) is 4. The number of aliphatic carboxylic acids is 2. The van der Waals surface area contributed by atoms with Crippen molar-refractivity contribution in [2.24, 2.45) is 0 Å². The lowest BCUT2D eigenvalue weighted by molar-refractivity contribution is -0.159. The lowest BCUT2D eigenvalue weighted by atomic mass is 10.1. The number of ether oxygens (including phenoxy) is 1. The van der Waals surface area contributed by atoms with Gasteiger partial charge < -0.3 is 19.8 Å². The fraction of sp³-hybridized carbons (Fsp3) is 0.579. The highest BCUT2D eigenvalue weighted by Gasteiger charge is 2.07. The number of benzene rings is 1. The standard InChI is InChI=1S/C17H27NO.C2H2O4/c1-2-7-13-18(12-6-1)14-16-19-15-8-11-17-9-4-3-5-10-17;3-1(4)2(5)6/h3-5,9-10H,1-2,6-8,11-16H2;(H,3,4)(H,5,6). The molecule has 0 radical (unpaired) electrons. The van der Waals surface area contributed by atoms with Crippen LogP contribution in [0.15, 0.2) is 30.3 Å². The molecular weight excluding hydrogens is 322 g/mol. The van der Waals surface area contributed by atoms with Gasteiger partial charge in [0, 0.05) is 13.2 Å². The zero-order valence-corrected chi connectivity index (χ0v) is 14.7. The van der Waals surface area contributed by atoms with E-state index < -0.39 is 11.9 Å². The average Bonchev–Trinajstić information content (AvgIpc) is 2.88. The largest absolute Gasteiger partial charge is 0.473 e. The highest BCUT2D eigenvalue weighted by Crippen LogP contribution is 2.09. The Kier molecular flexibility index (Phi) is 11.3. The van der Waals surface area contributed by atoms with E-state index in [-0.39, 0.29) is 0 Å². The molecule has 0 saturated carbocycles. The number of aryl methyl sites for hydroxylation is 1. The van der Waals surface area contributed by atoms with Gasteiger partial charge in [0.25, 0.3) is 0 Å². The first-order chi connectivity index (χ1) is 12.1. The first kappa shape index (κ1) is 21.1. The van der Waals surface area contributed by atoms with Crippen LogP contribution in [0, 0.1) is 0 Å². The molecule has 0 spiro atoms. The molecule has 1 aliphatic rings. The van der Waals surface area contributed by atoms with Crippen molar-refractivity contribution in [1.29, 1.82) is 0 Å². The van der Waals surface area contributed by atoms with Gasteiger partial charge in [-0.15, -0.1) is 0 Å². The number of carbonyl (C=O) groups is 2. The summed E-state index contributed by atoms with van der Waals surface area (Å²) in [5.74, 6) is -3.65. The van der Waals surface area contributed by atoms with Crippen molar-refractivity contribution in [3.8, 4) is 0 Å². The van der Waals surface area contributed by atoms with Crippen LogP contribution in [0.3, 0.4) is 0 Å². The molecular formula is C19H29NO5. The number of carboxylic acids is 2. The first-order valence-corrected chi connectivity index (χ1v) is 8.90. The summed E-state index contributed by atoms with van der Waals surface area (Å²) in [6.45, 7) is 5.45. The van der Waals surface area contributed by atoms with Crippen molar-refractivity contribution in [3.05, 3.63) is 35.9 Å². The number of nitrogens with zero attached hydrogens (tertiary/aromatic N) is 1. The maximum Gasteiger partial charge on any atom is 0.414 e. The normalized spacial score (nSPS) is 14.9. The fourth-order valence-corrected chi connectivity index (χ4v) is 2.68.